The summed E-state index contributed by atoms with van der Waals surface area (Å²) in [7, 11) is 1.69. The molecule has 0 fully saturated rings. The number of nitrogens with zero attached hydrogens (tertiary/aromatic N) is 4. The summed E-state index contributed by atoms with van der Waals surface area (Å²) in [6.07, 6.45) is 4.45. The Morgan fingerprint density at radius 2 is 1.70 bits per heavy atom. The number of hydrogen-bond acceptors (Lipinski definition) is 5. The monoisotopic (exact) mass is 469 g/mol. The van der Waals surface area contributed by atoms with Crippen molar-refractivity contribution in [2.24, 2.45) is 7.05 Å². The Balaban J connectivity index is 0.000000157. The summed E-state index contributed by atoms with van der Waals surface area (Å²) < 4.78 is 42.1. The average Bonchev–Trinajstić information content (AvgIpc) is 3.47. The Labute approximate surface area is 194 Å². The van der Waals surface area contributed by atoms with Crippen molar-refractivity contribution in [1.29, 1.82) is 0 Å². The maximum absolute atomic E-state index is 12.5. The highest BCUT2D eigenvalue weighted by Crippen LogP contribution is 2.32. The molecule has 2 heterocycles. The van der Waals surface area contributed by atoms with Crippen molar-refractivity contribution in [2.45, 2.75) is 30.3 Å². The molecule has 0 unspecified atom stereocenters. The predicted molar refractivity (Wildman–Crippen MR) is 124 cm³/mol. The molecule has 1 aliphatic carbocycles. The molecule has 9 heteroatoms. The van der Waals surface area contributed by atoms with Crippen LogP contribution in [0.1, 0.15) is 23.1 Å². The van der Waals surface area contributed by atoms with E-state index in [2.05, 4.69) is 38.0 Å². The molecule has 5 nitrogen and oxygen atoms in total. The van der Waals surface area contributed by atoms with Gasteiger partial charge in [-0.25, -0.2) is 9.97 Å². The van der Waals surface area contributed by atoms with Gasteiger partial charge >= 0.3 is 6.18 Å². The molecule has 1 aliphatic rings. The minimum Gasteiger partial charge on any atom is -0.294 e. The van der Waals surface area contributed by atoms with E-state index < -0.39 is 11.7 Å². The Bertz CT molecular complexity index is 1210. The fraction of sp³-hybridized carbons (Fsp3) is 0.208. The molecule has 4 aromatic rings. The second-order valence-electron chi connectivity index (χ2n) is 7.48. The number of aryl methyl sites for hydroxylation is 3. The van der Waals surface area contributed by atoms with Gasteiger partial charge in [-0.2, -0.15) is 18.3 Å². The van der Waals surface area contributed by atoms with Gasteiger partial charge in [-0.1, -0.05) is 18.2 Å². The zero-order valence-electron chi connectivity index (χ0n) is 17.9. The SMILES string of the molecule is Cn1nccc1-c1cccc(C(F)(F)F)c1.c1cnc(NSc2ccc3c(c2)CCC3)nc1. The van der Waals surface area contributed by atoms with Gasteiger partial charge < -0.3 is 0 Å². The van der Waals surface area contributed by atoms with Gasteiger partial charge in [0.15, 0.2) is 0 Å². The van der Waals surface area contributed by atoms with Crippen molar-refractivity contribution in [1.82, 2.24) is 19.7 Å². The number of fused-ring (bicyclic) bond motifs is 1. The van der Waals surface area contributed by atoms with Gasteiger partial charge in [-0.05, 0) is 78.7 Å². The topological polar surface area (TPSA) is 55.6 Å². The molecule has 0 aliphatic heterocycles. The van der Waals surface area contributed by atoms with E-state index in [-0.39, 0.29) is 0 Å². The van der Waals surface area contributed by atoms with E-state index in [0.717, 1.165) is 12.1 Å². The first kappa shape index (κ1) is 22.8. The van der Waals surface area contributed by atoms with Crippen molar-refractivity contribution in [3.8, 4) is 11.3 Å². The maximum Gasteiger partial charge on any atom is 0.416 e. The van der Waals surface area contributed by atoms with Crippen LogP contribution in [-0.4, -0.2) is 19.7 Å². The van der Waals surface area contributed by atoms with E-state index in [1.54, 1.807) is 49.7 Å². The van der Waals surface area contributed by atoms with Gasteiger partial charge in [-0.15, -0.1) is 0 Å². The van der Waals surface area contributed by atoms with Crippen molar-refractivity contribution >= 4 is 17.9 Å². The summed E-state index contributed by atoms with van der Waals surface area (Å²) >= 11 is 1.56. The number of alkyl halides is 3. The smallest absolute Gasteiger partial charge is 0.294 e. The van der Waals surface area contributed by atoms with Gasteiger partial charge in [0.2, 0.25) is 5.95 Å². The molecule has 0 amide bonds. The summed E-state index contributed by atoms with van der Waals surface area (Å²) in [6, 6.07) is 15.3. The van der Waals surface area contributed by atoms with Gasteiger partial charge in [-0.3, -0.25) is 9.40 Å². The number of rotatable bonds is 4. The number of halogens is 3. The Kier molecular flexibility index (Phi) is 6.98. The van der Waals surface area contributed by atoms with Crippen LogP contribution in [0, 0.1) is 0 Å². The molecule has 0 saturated heterocycles. The van der Waals surface area contributed by atoms with E-state index in [1.807, 2.05) is 6.07 Å². The quantitative estimate of drug-likeness (QED) is 0.361. The van der Waals surface area contributed by atoms with E-state index in [0.29, 0.717) is 17.2 Å². The summed E-state index contributed by atoms with van der Waals surface area (Å²) in [5.74, 6) is 0.651. The lowest BCUT2D eigenvalue weighted by molar-refractivity contribution is -0.137. The molecule has 5 rings (SSSR count). The Morgan fingerprint density at radius 1 is 0.909 bits per heavy atom. The van der Waals surface area contributed by atoms with Crippen LogP contribution in [0.5, 0.6) is 0 Å². The van der Waals surface area contributed by atoms with Crippen LogP contribution in [0.2, 0.25) is 0 Å². The van der Waals surface area contributed by atoms with Crippen molar-refractivity contribution in [3.05, 3.63) is 89.9 Å². The molecule has 1 N–H and O–H groups in total. The molecule has 2 aromatic heterocycles. The lowest BCUT2D eigenvalue weighted by Crippen LogP contribution is -2.05. The van der Waals surface area contributed by atoms with Crippen LogP contribution in [0.3, 0.4) is 0 Å². The molecule has 0 atom stereocenters. The molecular formula is C24H22F3N5S. The minimum atomic E-state index is -4.31. The third-order valence-electron chi connectivity index (χ3n) is 5.20. The second kappa shape index (κ2) is 10.1. The van der Waals surface area contributed by atoms with Crippen LogP contribution in [0.15, 0.2) is 78.1 Å². The van der Waals surface area contributed by atoms with Crippen LogP contribution in [0.4, 0.5) is 19.1 Å². The van der Waals surface area contributed by atoms with E-state index in [9.17, 15) is 13.2 Å². The van der Waals surface area contributed by atoms with E-state index in [4.69, 9.17) is 0 Å². The van der Waals surface area contributed by atoms with Crippen LogP contribution in [0.25, 0.3) is 11.3 Å². The molecule has 0 saturated carbocycles. The fourth-order valence-corrected chi connectivity index (χ4v) is 4.23. The van der Waals surface area contributed by atoms with E-state index in [1.165, 1.54) is 46.0 Å². The molecule has 2 aromatic carbocycles. The maximum atomic E-state index is 12.5. The first-order valence-electron chi connectivity index (χ1n) is 10.4. The average molecular weight is 470 g/mol. The number of benzene rings is 2. The van der Waals surface area contributed by atoms with Gasteiger partial charge in [0.1, 0.15) is 0 Å². The van der Waals surface area contributed by atoms with Crippen molar-refractivity contribution in [3.63, 3.8) is 0 Å². The highest BCUT2D eigenvalue weighted by Gasteiger charge is 2.30. The van der Waals surface area contributed by atoms with Crippen molar-refractivity contribution < 1.29 is 13.2 Å². The summed E-state index contributed by atoms with van der Waals surface area (Å²) in [6.45, 7) is 0. The van der Waals surface area contributed by atoms with Gasteiger partial charge in [0.05, 0.1) is 11.3 Å². The third-order valence-corrected chi connectivity index (χ3v) is 5.98. The molecule has 33 heavy (non-hydrogen) atoms. The number of anilines is 1. The zero-order valence-corrected chi connectivity index (χ0v) is 18.7. The Hall–Kier alpha value is -3.33. The lowest BCUT2D eigenvalue weighted by Gasteiger charge is -2.08. The van der Waals surface area contributed by atoms with Crippen molar-refractivity contribution in [2.75, 3.05) is 4.72 Å². The summed E-state index contributed by atoms with van der Waals surface area (Å²) in [5.41, 5.74) is 3.52. The number of nitrogens with one attached hydrogen (secondary N) is 1. The molecule has 0 bridgehead atoms. The highest BCUT2D eigenvalue weighted by molar-refractivity contribution is 8.00. The van der Waals surface area contributed by atoms with Gasteiger partial charge in [0.25, 0.3) is 0 Å². The zero-order chi connectivity index (χ0) is 23.3. The molecule has 0 spiro atoms. The van der Waals surface area contributed by atoms with Crippen LogP contribution in [-0.2, 0) is 26.1 Å². The van der Waals surface area contributed by atoms with Gasteiger partial charge in [0, 0.05) is 36.1 Å². The highest BCUT2D eigenvalue weighted by atomic mass is 32.2. The second-order valence-corrected chi connectivity index (χ2v) is 8.36. The predicted octanol–water partition coefficient (Wildman–Crippen LogP) is 6.19. The summed E-state index contributed by atoms with van der Waals surface area (Å²) in [5, 5.41) is 3.92. The van der Waals surface area contributed by atoms with Crippen LogP contribution >= 0.6 is 11.9 Å². The number of hydrogen-bond donors (Lipinski definition) is 1. The lowest BCUT2D eigenvalue weighted by atomic mass is 10.1. The largest absolute Gasteiger partial charge is 0.416 e. The molecular weight excluding hydrogens is 447 g/mol. The third kappa shape index (κ3) is 5.92. The molecule has 0 radical (unpaired) electrons. The van der Waals surface area contributed by atoms with Crippen LogP contribution < -0.4 is 4.72 Å². The Morgan fingerprint density at radius 3 is 2.42 bits per heavy atom. The first-order valence-corrected chi connectivity index (χ1v) is 11.2. The minimum absolute atomic E-state index is 0.509. The standard InChI is InChI=1S/C13H13N3S.C11H9F3N2/c1-3-10-5-6-12(9-11(10)4-1)17-16-13-14-7-2-8-15-13;1-16-10(5-6-15-16)8-3-2-4-9(7-8)11(12,13)14/h2,5-9H,1,3-4H2,(H,14,15,16);2-7H,1H3. The first-order chi connectivity index (χ1) is 15.9. The normalized spacial score (nSPS) is 12.6. The number of aromatic nitrogens is 4. The fourth-order valence-electron chi connectivity index (χ4n) is 3.58. The van der Waals surface area contributed by atoms with E-state index >= 15 is 0 Å². The summed E-state index contributed by atoms with van der Waals surface area (Å²) in [4.78, 5) is 9.47. The molecule has 170 valence electrons.